The molecule has 0 unspecified atom stereocenters. The number of rotatable bonds is 4. The van der Waals surface area contributed by atoms with Crippen LogP contribution in [0.4, 0.5) is 0 Å². The van der Waals surface area contributed by atoms with Crippen LogP contribution >= 0.6 is 0 Å². The smallest absolute Gasteiger partial charge is 0.191 e. The summed E-state index contributed by atoms with van der Waals surface area (Å²) in [5.41, 5.74) is 7.40. The summed E-state index contributed by atoms with van der Waals surface area (Å²) in [6, 6.07) is 2.06. The van der Waals surface area contributed by atoms with Crippen molar-refractivity contribution in [3.05, 3.63) is 18.0 Å². The van der Waals surface area contributed by atoms with E-state index >= 15 is 0 Å². The van der Waals surface area contributed by atoms with E-state index in [1.54, 1.807) is 0 Å². The fraction of sp³-hybridized carbons (Fsp3) is 0.765. The van der Waals surface area contributed by atoms with Crippen LogP contribution in [0.25, 0.3) is 0 Å². The van der Waals surface area contributed by atoms with Crippen LogP contribution < -0.4 is 5.73 Å². The van der Waals surface area contributed by atoms with Crippen LogP contribution in [0, 0.1) is 5.92 Å². The number of aliphatic imine (C=N–C) groups is 1. The molecule has 3 rings (SSSR count). The number of aromatic nitrogens is 2. The molecule has 0 spiro atoms. The van der Waals surface area contributed by atoms with Crippen molar-refractivity contribution in [2.75, 3.05) is 26.2 Å². The molecule has 0 aromatic carbocycles. The first-order valence-electron chi connectivity index (χ1n) is 8.97. The predicted molar refractivity (Wildman–Crippen MR) is 91.2 cm³/mol. The molecule has 2 aliphatic rings. The number of guanidine groups is 1. The minimum absolute atomic E-state index is 0.0955. The van der Waals surface area contributed by atoms with Crippen molar-refractivity contribution in [1.82, 2.24) is 14.7 Å². The van der Waals surface area contributed by atoms with Crippen molar-refractivity contribution < 1.29 is 4.74 Å². The van der Waals surface area contributed by atoms with Crippen LogP contribution in [0.15, 0.2) is 17.3 Å². The summed E-state index contributed by atoms with van der Waals surface area (Å²) in [5, 5.41) is 4.36. The van der Waals surface area contributed by atoms with E-state index in [1.165, 1.54) is 31.4 Å². The van der Waals surface area contributed by atoms with E-state index < -0.39 is 0 Å². The Morgan fingerprint density at radius 3 is 2.87 bits per heavy atom. The second kappa shape index (κ2) is 7.81. The average Bonchev–Trinajstić information content (AvgIpc) is 3.13. The molecule has 0 radical (unpaired) electrons. The number of ether oxygens (including phenoxy) is 1. The van der Waals surface area contributed by atoms with Gasteiger partial charge in [-0.1, -0.05) is 12.8 Å². The van der Waals surface area contributed by atoms with Crippen LogP contribution in [-0.4, -0.2) is 46.9 Å². The molecule has 2 N–H and O–H groups in total. The van der Waals surface area contributed by atoms with Crippen molar-refractivity contribution >= 4 is 5.96 Å². The fourth-order valence-electron chi connectivity index (χ4n) is 3.61. The summed E-state index contributed by atoms with van der Waals surface area (Å²) < 4.78 is 7.98. The van der Waals surface area contributed by atoms with Gasteiger partial charge >= 0.3 is 0 Å². The lowest BCUT2D eigenvalue weighted by molar-refractivity contribution is 0.0850. The maximum absolute atomic E-state index is 6.23. The molecule has 2 fully saturated rings. The highest BCUT2D eigenvalue weighted by Crippen LogP contribution is 2.34. The molecule has 128 valence electrons. The van der Waals surface area contributed by atoms with Gasteiger partial charge in [0.05, 0.1) is 5.69 Å². The zero-order valence-corrected chi connectivity index (χ0v) is 14.2. The van der Waals surface area contributed by atoms with Gasteiger partial charge in [-0.05, 0) is 32.3 Å². The lowest BCUT2D eigenvalue weighted by Crippen LogP contribution is -2.38. The van der Waals surface area contributed by atoms with Gasteiger partial charge in [0.15, 0.2) is 5.96 Å². The summed E-state index contributed by atoms with van der Waals surface area (Å²) in [6.45, 7) is 6.60. The highest BCUT2D eigenvalue weighted by atomic mass is 16.5. The van der Waals surface area contributed by atoms with Crippen molar-refractivity contribution in [2.24, 2.45) is 16.6 Å². The molecule has 1 aromatic rings. The van der Waals surface area contributed by atoms with Gasteiger partial charge in [-0.25, -0.2) is 0 Å². The maximum atomic E-state index is 6.23. The van der Waals surface area contributed by atoms with Gasteiger partial charge in [-0.15, -0.1) is 0 Å². The lowest BCUT2D eigenvalue weighted by Gasteiger charge is -2.22. The number of nitrogens with zero attached hydrogens (tertiary/aromatic N) is 4. The average molecular weight is 319 g/mol. The molecule has 23 heavy (non-hydrogen) atoms. The third kappa shape index (κ3) is 3.86. The molecule has 2 atom stereocenters. The monoisotopic (exact) mass is 319 g/mol. The Balaban J connectivity index is 1.63. The van der Waals surface area contributed by atoms with Gasteiger partial charge in [0.1, 0.15) is 6.10 Å². The first-order chi connectivity index (χ1) is 11.3. The summed E-state index contributed by atoms with van der Waals surface area (Å²) in [6.07, 6.45) is 8.05. The molecular weight excluding hydrogens is 290 g/mol. The second-order valence-electron chi connectivity index (χ2n) is 6.51. The Morgan fingerprint density at radius 2 is 2.13 bits per heavy atom. The largest absolute Gasteiger partial charge is 0.372 e. The van der Waals surface area contributed by atoms with Crippen LogP contribution in [0.3, 0.4) is 0 Å². The molecule has 3 heterocycles. The summed E-state index contributed by atoms with van der Waals surface area (Å²) in [4.78, 5) is 6.94. The van der Waals surface area contributed by atoms with E-state index in [9.17, 15) is 0 Å². The van der Waals surface area contributed by atoms with Crippen LogP contribution in [0.1, 0.15) is 50.8 Å². The highest BCUT2D eigenvalue weighted by Gasteiger charge is 2.31. The Kier molecular flexibility index (Phi) is 5.54. The van der Waals surface area contributed by atoms with E-state index in [2.05, 4.69) is 23.0 Å². The van der Waals surface area contributed by atoms with E-state index in [0.717, 1.165) is 39.2 Å². The van der Waals surface area contributed by atoms with Gasteiger partial charge in [0.25, 0.3) is 0 Å². The Bertz CT molecular complexity index is 519. The normalized spacial score (nSPS) is 26.5. The van der Waals surface area contributed by atoms with E-state index in [-0.39, 0.29) is 6.10 Å². The van der Waals surface area contributed by atoms with Gasteiger partial charge in [-0.2, -0.15) is 5.10 Å². The quantitative estimate of drug-likeness (QED) is 0.682. The molecule has 6 nitrogen and oxygen atoms in total. The molecule has 1 aromatic heterocycles. The number of hydrogen-bond acceptors (Lipinski definition) is 3. The molecule has 0 aliphatic carbocycles. The van der Waals surface area contributed by atoms with E-state index in [0.29, 0.717) is 11.9 Å². The second-order valence-corrected chi connectivity index (χ2v) is 6.51. The molecule has 2 saturated heterocycles. The minimum Gasteiger partial charge on any atom is -0.372 e. The van der Waals surface area contributed by atoms with Crippen LogP contribution in [0.5, 0.6) is 0 Å². The van der Waals surface area contributed by atoms with Crippen molar-refractivity contribution in [3.63, 3.8) is 0 Å². The topological polar surface area (TPSA) is 68.7 Å². The number of hydrogen-bond donors (Lipinski definition) is 1. The maximum Gasteiger partial charge on any atom is 0.191 e. The van der Waals surface area contributed by atoms with Gasteiger partial charge < -0.3 is 15.4 Å². The Labute approximate surface area is 138 Å². The highest BCUT2D eigenvalue weighted by molar-refractivity contribution is 5.78. The minimum atomic E-state index is 0.0955. The van der Waals surface area contributed by atoms with Crippen LogP contribution in [0.2, 0.25) is 0 Å². The zero-order valence-electron chi connectivity index (χ0n) is 14.2. The molecule has 0 bridgehead atoms. The zero-order chi connectivity index (χ0) is 16.1. The van der Waals surface area contributed by atoms with Gasteiger partial charge in [0, 0.05) is 44.9 Å². The predicted octanol–water partition coefficient (Wildman–Crippen LogP) is 2.17. The van der Waals surface area contributed by atoms with Gasteiger partial charge in [0.2, 0.25) is 0 Å². The third-order valence-electron chi connectivity index (χ3n) is 4.97. The first-order valence-corrected chi connectivity index (χ1v) is 8.97. The van der Waals surface area contributed by atoms with Crippen molar-refractivity contribution in [1.29, 1.82) is 0 Å². The number of nitrogens with two attached hydrogens (primary N) is 1. The Hall–Kier alpha value is -1.56. The number of likely N-dealkylation sites (tertiary alicyclic amines) is 1. The molecule has 0 amide bonds. The first kappa shape index (κ1) is 16.3. The standard InChI is InChI=1S/C17H29N5O/c1-2-22-15(7-9-20-22)16-14(8-12-23-16)13-19-17(18)21-10-5-3-4-6-11-21/h7,9,14,16H,2-6,8,10-13H2,1H3,(H2,18,19)/t14-,16+/m0/s1. The molecule has 2 aliphatic heterocycles. The third-order valence-corrected chi connectivity index (χ3v) is 4.97. The lowest BCUT2D eigenvalue weighted by atomic mass is 9.99. The summed E-state index contributed by atoms with van der Waals surface area (Å²) >= 11 is 0. The molecule has 6 heteroatoms. The summed E-state index contributed by atoms with van der Waals surface area (Å²) in [5.74, 6) is 1.10. The van der Waals surface area contributed by atoms with Crippen LogP contribution in [-0.2, 0) is 11.3 Å². The van der Waals surface area contributed by atoms with E-state index in [4.69, 9.17) is 15.5 Å². The fourth-order valence-corrected chi connectivity index (χ4v) is 3.61. The SMILES string of the molecule is CCn1nccc1[C@@H]1OCC[C@H]1CN=C(N)N1CCCCCC1. The Morgan fingerprint density at radius 1 is 1.35 bits per heavy atom. The van der Waals surface area contributed by atoms with Crippen molar-refractivity contribution in [3.8, 4) is 0 Å². The van der Waals surface area contributed by atoms with E-state index in [1.807, 2.05) is 10.9 Å². The molecular formula is C17H29N5O. The van der Waals surface area contributed by atoms with Crippen molar-refractivity contribution in [2.45, 2.75) is 51.7 Å². The number of aryl methyl sites for hydroxylation is 1. The molecule has 0 saturated carbocycles. The summed E-state index contributed by atoms with van der Waals surface area (Å²) in [7, 11) is 0. The van der Waals surface area contributed by atoms with Gasteiger partial charge in [-0.3, -0.25) is 9.67 Å².